The number of nitrogens with one attached hydrogen (secondary N) is 1. The van der Waals surface area contributed by atoms with Gasteiger partial charge in [0, 0.05) is 23.5 Å². The molecule has 0 spiro atoms. The van der Waals surface area contributed by atoms with Gasteiger partial charge < -0.3 is 5.32 Å². The molecule has 3 amide bonds. The summed E-state index contributed by atoms with van der Waals surface area (Å²) in [7, 11) is 0. The minimum absolute atomic E-state index is 0.0669. The third-order valence-corrected chi connectivity index (χ3v) is 5.51. The molecule has 0 radical (unpaired) electrons. The molecule has 0 unspecified atom stereocenters. The molecule has 3 rings (SSSR count). The number of fused-ring (bicyclic) bond motifs is 1. The maximum Gasteiger partial charge on any atom is 0.282 e. The summed E-state index contributed by atoms with van der Waals surface area (Å²) in [5, 5.41) is 14.0. The van der Waals surface area contributed by atoms with Gasteiger partial charge in [0.15, 0.2) is 0 Å². The molecule has 0 saturated carbocycles. The summed E-state index contributed by atoms with van der Waals surface area (Å²) in [6, 6.07) is 9.71. The molecule has 2 aromatic carbocycles. The van der Waals surface area contributed by atoms with E-state index >= 15 is 0 Å². The second-order valence-electron chi connectivity index (χ2n) is 7.06. The number of nitro benzene ring substituents is 1. The van der Waals surface area contributed by atoms with E-state index in [-0.39, 0.29) is 29.3 Å². The Morgan fingerprint density at radius 1 is 1.13 bits per heavy atom. The van der Waals surface area contributed by atoms with Crippen LogP contribution in [0.4, 0.5) is 11.4 Å². The van der Waals surface area contributed by atoms with Crippen LogP contribution in [0, 0.1) is 17.0 Å². The number of halogens is 1. The van der Waals surface area contributed by atoms with E-state index in [1.807, 2.05) is 25.1 Å². The van der Waals surface area contributed by atoms with Crippen LogP contribution in [-0.2, 0) is 4.79 Å². The van der Waals surface area contributed by atoms with Gasteiger partial charge >= 0.3 is 0 Å². The van der Waals surface area contributed by atoms with Crippen LogP contribution < -0.4 is 5.32 Å². The van der Waals surface area contributed by atoms with Gasteiger partial charge in [-0.2, -0.15) is 0 Å². The molecule has 2 aromatic rings. The number of hydrogen-bond acceptors (Lipinski definition) is 5. The maximum absolute atomic E-state index is 12.5. The van der Waals surface area contributed by atoms with Gasteiger partial charge in [-0.25, -0.2) is 0 Å². The smallest absolute Gasteiger partial charge is 0.282 e. The Kier molecular flexibility index (Phi) is 6.61. The number of hydrogen-bond donors (Lipinski definition) is 1. The van der Waals surface area contributed by atoms with Gasteiger partial charge in [0.25, 0.3) is 17.5 Å². The van der Waals surface area contributed by atoms with Gasteiger partial charge in [-0.05, 0) is 59.5 Å². The van der Waals surface area contributed by atoms with E-state index in [2.05, 4.69) is 21.2 Å². The number of nitrogens with zero attached hydrogens (tertiary/aromatic N) is 2. The molecular formula is C21H20BrN3O5. The number of benzene rings is 2. The number of imide groups is 1. The minimum Gasteiger partial charge on any atom is -0.325 e. The quantitative estimate of drug-likeness (QED) is 0.263. The number of amides is 3. The lowest BCUT2D eigenvalue weighted by atomic mass is 10.1. The number of carbonyl (C=O) groups excluding carboxylic acids is 3. The van der Waals surface area contributed by atoms with Crippen LogP contribution in [0.3, 0.4) is 0 Å². The van der Waals surface area contributed by atoms with E-state index in [4.69, 9.17) is 0 Å². The van der Waals surface area contributed by atoms with E-state index < -0.39 is 16.7 Å². The molecule has 1 aliphatic rings. The lowest BCUT2D eigenvalue weighted by Crippen LogP contribution is -2.30. The number of aryl methyl sites for hydroxylation is 1. The van der Waals surface area contributed by atoms with Crippen molar-refractivity contribution in [1.29, 1.82) is 0 Å². The van der Waals surface area contributed by atoms with Crippen LogP contribution >= 0.6 is 15.9 Å². The first-order valence-electron chi connectivity index (χ1n) is 9.49. The molecule has 0 fully saturated rings. The second-order valence-corrected chi connectivity index (χ2v) is 7.92. The van der Waals surface area contributed by atoms with Crippen LogP contribution in [0.1, 0.15) is 52.0 Å². The van der Waals surface area contributed by atoms with Crippen molar-refractivity contribution in [2.45, 2.75) is 32.6 Å². The molecule has 9 heteroatoms. The molecule has 1 aliphatic heterocycles. The maximum atomic E-state index is 12.5. The Labute approximate surface area is 181 Å². The van der Waals surface area contributed by atoms with Crippen molar-refractivity contribution < 1.29 is 19.3 Å². The van der Waals surface area contributed by atoms with Gasteiger partial charge in [-0.3, -0.25) is 29.4 Å². The number of unbranched alkanes of at least 4 members (excludes halogenated alkanes) is 2. The fourth-order valence-corrected chi connectivity index (χ4v) is 3.93. The molecule has 30 heavy (non-hydrogen) atoms. The van der Waals surface area contributed by atoms with E-state index in [0.717, 1.165) is 14.9 Å². The molecule has 1 heterocycles. The summed E-state index contributed by atoms with van der Waals surface area (Å²) < 4.78 is 0.815. The number of carbonyl (C=O) groups is 3. The summed E-state index contributed by atoms with van der Waals surface area (Å²) in [5.41, 5.74) is 1.36. The third-order valence-electron chi connectivity index (χ3n) is 4.86. The molecule has 0 aromatic heterocycles. The van der Waals surface area contributed by atoms with Crippen molar-refractivity contribution in [3.05, 3.63) is 67.7 Å². The van der Waals surface area contributed by atoms with Crippen LogP contribution in [-0.4, -0.2) is 34.1 Å². The van der Waals surface area contributed by atoms with Crippen molar-refractivity contribution in [3.63, 3.8) is 0 Å². The molecule has 0 bridgehead atoms. The Bertz CT molecular complexity index is 1040. The zero-order chi connectivity index (χ0) is 21.8. The van der Waals surface area contributed by atoms with Crippen molar-refractivity contribution in [3.8, 4) is 0 Å². The third kappa shape index (κ3) is 4.56. The van der Waals surface area contributed by atoms with Crippen LogP contribution in [0.25, 0.3) is 0 Å². The predicted octanol–water partition coefficient (Wildman–Crippen LogP) is 4.46. The molecule has 0 saturated heterocycles. The fraction of sp³-hybridized carbons (Fsp3) is 0.286. The fourth-order valence-electron chi connectivity index (χ4n) is 3.34. The first kappa shape index (κ1) is 21.6. The highest BCUT2D eigenvalue weighted by atomic mass is 79.9. The Morgan fingerprint density at radius 2 is 1.90 bits per heavy atom. The van der Waals surface area contributed by atoms with Gasteiger partial charge in [0.05, 0.1) is 16.2 Å². The summed E-state index contributed by atoms with van der Waals surface area (Å²) >= 11 is 3.42. The lowest BCUT2D eigenvalue weighted by molar-refractivity contribution is -0.385. The van der Waals surface area contributed by atoms with Gasteiger partial charge in [0.1, 0.15) is 5.56 Å². The van der Waals surface area contributed by atoms with E-state index in [1.165, 1.54) is 18.2 Å². The highest BCUT2D eigenvalue weighted by molar-refractivity contribution is 9.10. The average molecular weight is 474 g/mol. The molecule has 1 N–H and O–H groups in total. The highest BCUT2D eigenvalue weighted by Crippen LogP contribution is 2.31. The zero-order valence-electron chi connectivity index (χ0n) is 16.3. The van der Waals surface area contributed by atoms with Crippen LogP contribution in [0.2, 0.25) is 0 Å². The molecule has 156 valence electrons. The molecule has 0 atom stereocenters. The second kappa shape index (κ2) is 9.17. The Hall–Kier alpha value is -3.07. The first-order chi connectivity index (χ1) is 14.3. The average Bonchev–Trinajstić information content (AvgIpc) is 2.94. The van der Waals surface area contributed by atoms with Gasteiger partial charge in [-0.1, -0.05) is 18.6 Å². The van der Waals surface area contributed by atoms with Crippen LogP contribution in [0.15, 0.2) is 40.9 Å². The Balaban J connectivity index is 1.47. The van der Waals surface area contributed by atoms with Crippen molar-refractivity contribution in [2.75, 3.05) is 11.9 Å². The monoisotopic (exact) mass is 473 g/mol. The summed E-state index contributed by atoms with van der Waals surface area (Å²) in [5.74, 6) is -1.26. The molecule has 0 aliphatic carbocycles. The number of anilines is 1. The minimum atomic E-state index is -0.654. The summed E-state index contributed by atoms with van der Waals surface area (Å²) in [6.07, 6.45) is 2.06. The summed E-state index contributed by atoms with van der Waals surface area (Å²) in [6.45, 7) is 2.12. The number of nitro groups is 1. The van der Waals surface area contributed by atoms with Crippen molar-refractivity contribution >= 4 is 45.0 Å². The molecular weight excluding hydrogens is 454 g/mol. The zero-order valence-corrected chi connectivity index (χ0v) is 17.9. The Morgan fingerprint density at radius 3 is 2.60 bits per heavy atom. The van der Waals surface area contributed by atoms with Crippen LogP contribution in [0.5, 0.6) is 0 Å². The topological polar surface area (TPSA) is 110 Å². The standard InChI is InChI=1S/C21H20BrN3O5/c1-13-9-10-16(15(22)12-13)23-18(26)8-3-2-4-11-24-20(27)14-6-5-7-17(25(29)30)19(14)21(24)28/h5-7,9-10,12H,2-4,8,11H2,1H3,(H,23,26). The highest BCUT2D eigenvalue weighted by Gasteiger charge is 2.40. The van der Waals surface area contributed by atoms with E-state index in [0.29, 0.717) is 31.4 Å². The van der Waals surface area contributed by atoms with Gasteiger partial charge in [0.2, 0.25) is 5.91 Å². The largest absolute Gasteiger partial charge is 0.325 e. The van der Waals surface area contributed by atoms with Gasteiger partial charge in [-0.15, -0.1) is 0 Å². The SMILES string of the molecule is Cc1ccc(NC(=O)CCCCCN2C(=O)c3cccc([N+](=O)[O-])c3C2=O)c(Br)c1. The summed E-state index contributed by atoms with van der Waals surface area (Å²) in [4.78, 5) is 48.6. The normalized spacial score (nSPS) is 12.8. The van der Waals surface area contributed by atoms with Crippen molar-refractivity contribution in [1.82, 2.24) is 4.90 Å². The van der Waals surface area contributed by atoms with E-state index in [1.54, 1.807) is 0 Å². The predicted molar refractivity (Wildman–Crippen MR) is 114 cm³/mol. The van der Waals surface area contributed by atoms with E-state index in [9.17, 15) is 24.5 Å². The molecule has 8 nitrogen and oxygen atoms in total. The lowest BCUT2D eigenvalue weighted by Gasteiger charge is -2.13. The first-order valence-corrected chi connectivity index (χ1v) is 10.3. The van der Waals surface area contributed by atoms with Crippen molar-refractivity contribution in [2.24, 2.45) is 0 Å². The number of rotatable bonds is 8.